The van der Waals surface area contributed by atoms with Crippen molar-refractivity contribution in [1.82, 2.24) is 19.7 Å². The van der Waals surface area contributed by atoms with E-state index in [4.69, 9.17) is 0 Å². The normalized spacial score (nSPS) is 14.5. The number of hydrogen-bond donors (Lipinski definition) is 1. The summed E-state index contributed by atoms with van der Waals surface area (Å²) in [5, 5.41) is 14.9. The van der Waals surface area contributed by atoms with Crippen LogP contribution in [-0.2, 0) is 11.8 Å². The lowest BCUT2D eigenvalue weighted by molar-refractivity contribution is -0.113. The number of nitrogens with zero attached hydrogens (tertiary/aromatic N) is 4. The molecule has 0 atom stereocenters. The Balaban J connectivity index is 1.33. The van der Waals surface area contributed by atoms with Crippen LogP contribution in [0.1, 0.15) is 43.0 Å². The number of thioether (sulfide) groups is 1. The lowest BCUT2D eigenvalue weighted by atomic mass is 10.1. The Morgan fingerprint density at radius 3 is 2.75 bits per heavy atom. The Morgan fingerprint density at radius 2 is 2.00 bits per heavy atom. The number of aryl methyl sites for hydroxylation is 1. The monoisotopic (exact) mass is 413 g/mol. The Bertz CT molecular complexity index is 957. The third kappa shape index (κ3) is 4.28. The van der Waals surface area contributed by atoms with Crippen molar-refractivity contribution in [3.05, 3.63) is 41.0 Å². The molecule has 2 aromatic heterocycles. The van der Waals surface area contributed by atoms with Crippen LogP contribution in [0.4, 0.5) is 5.13 Å². The Hall–Kier alpha value is -2.19. The van der Waals surface area contributed by atoms with E-state index in [1.165, 1.54) is 54.3 Å². The van der Waals surface area contributed by atoms with Crippen LogP contribution in [0.25, 0.3) is 11.3 Å². The third-order valence-electron chi connectivity index (χ3n) is 5.02. The number of carbonyl (C=O) groups is 1. The van der Waals surface area contributed by atoms with Crippen LogP contribution in [0.2, 0.25) is 0 Å². The fourth-order valence-corrected chi connectivity index (χ4v) is 4.92. The molecule has 1 aromatic carbocycles. The highest BCUT2D eigenvalue weighted by Gasteiger charge is 2.23. The quantitative estimate of drug-likeness (QED) is 0.596. The zero-order valence-electron chi connectivity index (χ0n) is 16.0. The minimum atomic E-state index is -0.0831. The summed E-state index contributed by atoms with van der Waals surface area (Å²) in [6.07, 6.45) is 4.90. The lowest BCUT2D eigenvalue weighted by Gasteiger charge is -2.08. The van der Waals surface area contributed by atoms with Gasteiger partial charge in [-0.1, -0.05) is 54.4 Å². The smallest absolute Gasteiger partial charge is 0.236 e. The number of carbonyl (C=O) groups excluding carboxylic acids is 1. The molecule has 0 bridgehead atoms. The zero-order valence-corrected chi connectivity index (χ0v) is 17.6. The summed E-state index contributed by atoms with van der Waals surface area (Å²) in [5.74, 6) is 1.76. The first-order valence-corrected chi connectivity index (χ1v) is 11.3. The van der Waals surface area contributed by atoms with Crippen LogP contribution in [-0.4, -0.2) is 31.4 Å². The van der Waals surface area contributed by atoms with Gasteiger partial charge in [0, 0.05) is 23.9 Å². The molecule has 28 heavy (non-hydrogen) atoms. The summed E-state index contributed by atoms with van der Waals surface area (Å²) in [4.78, 5) is 16.9. The van der Waals surface area contributed by atoms with E-state index in [1.807, 2.05) is 29.1 Å². The topological polar surface area (TPSA) is 72.7 Å². The van der Waals surface area contributed by atoms with Crippen molar-refractivity contribution in [2.45, 2.75) is 43.7 Å². The van der Waals surface area contributed by atoms with Gasteiger partial charge < -0.3 is 9.88 Å². The summed E-state index contributed by atoms with van der Waals surface area (Å²) < 4.78 is 2.03. The standard InChI is InChI=1S/C20H23N5OS2/c1-13-7-9-14(10-8-13)16-11-27-19(21-16)22-17(26)12-28-20-24-23-18(25(20)2)15-5-3-4-6-15/h7-11,15H,3-6,12H2,1-2H3,(H,21,22,26). The van der Waals surface area contributed by atoms with Gasteiger partial charge in [-0.15, -0.1) is 21.5 Å². The molecule has 0 saturated heterocycles. The average Bonchev–Trinajstić information content (AvgIpc) is 3.42. The summed E-state index contributed by atoms with van der Waals surface area (Å²) in [6.45, 7) is 2.06. The van der Waals surface area contributed by atoms with Crippen molar-refractivity contribution in [2.75, 3.05) is 11.1 Å². The molecular formula is C20H23N5OS2. The molecule has 146 valence electrons. The minimum absolute atomic E-state index is 0.0831. The maximum Gasteiger partial charge on any atom is 0.236 e. The van der Waals surface area contributed by atoms with Gasteiger partial charge in [0.25, 0.3) is 0 Å². The highest BCUT2D eigenvalue weighted by molar-refractivity contribution is 7.99. The molecule has 0 spiro atoms. The van der Waals surface area contributed by atoms with E-state index in [-0.39, 0.29) is 11.7 Å². The Morgan fingerprint density at radius 1 is 1.25 bits per heavy atom. The van der Waals surface area contributed by atoms with Crippen molar-refractivity contribution in [2.24, 2.45) is 7.05 Å². The number of thiazole rings is 1. The molecule has 2 heterocycles. The molecule has 8 heteroatoms. The molecule has 1 aliphatic carbocycles. The summed E-state index contributed by atoms with van der Waals surface area (Å²) in [5.41, 5.74) is 3.14. The molecule has 0 aliphatic heterocycles. The molecule has 1 aliphatic rings. The lowest BCUT2D eigenvalue weighted by Crippen LogP contribution is -2.14. The number of benzene rings is 1. The van der Waals surface area contributed by atoms with E-state index < -0.39 is 0 Å². The van der Waals surface area contributed by atoms with Crippen LogP contribution < -0.4 is 5.32 Å². The number of amides is 1. The van der Waals surface area contributed by atoms with Gasteiger partial charge >= 0.3 is 0 Å². The van der Waals surface area contributed by atoms with Crippen molar-refractivity contribution in [1.29, 1.82) is 0 Å². The maximum atomic E-state index is 12.3. The highest BCUT2D eigenvalue weighted by atomic mass is 32.2. The van der Waals surface area contributed by atoms with E-state index in [9.17, 15) is 4.79 Å². The molecular weight excluding hydrogens is 390 g/mol. The van der Waals surface area contributed by atoms with Gasteiger partial charge in [0.15, 0.2) is 10.3 Å². The van der Waals surface area contributed by atoms with Gasteiger partial charge in [-0.25, -0.2) is 4.98 Å². The first-order chi connectivity index (χ1) is 13.6. The third-order valence-corrected chi connectivity index (χ3v) is 6.80. The van der Waals surface area contributed by atoms with Crippen molar-refractivity contribution in [3.63, 3.8) is 0 Å². The van der Waals surface area contributed by atoms with Gasteiger partial charge in [0.2, 0.25) is 5.91 Å². The summed E-state index contributed by atoms with van der Waals surface area (Å²) >= 11 is 2.85. The number of anilines is 1. The van der Waals surface area contributed by atoms with Crippen LogP contribution in [0, 0.1) is 6.92 Å². The van der Waals surface area contributed by atoms with Crippen molar-refractivity contribution >= 4 is 34.1 Å². The van der Waals surface area contributed by atoms with Crippen molar-refractivity contribution in [3.8, 4) is 11.3 Å². The van der Waals surface area contributed by atoms with E-state index in [2.05, 4.69) is 39.6 Å². The fraction of sp³-hybridized carbons (Fsp3) is 0.400. The molecule has 0 radical (unpaired) electrons. The number of nitrogens with one attached hydrogen (secondary N) is 1. The zero-order chi connectivity index (χ0) is 19.5. The van der Waals surface area contributed by atoms with Gasteiger partial charge in [0.1, 0.15) is 5.82 Å². The maximum absolute atomic E-state index is 12.3. The molecule has 1 fully saturated rings. The van der Waals surface area contributed by atoms with Gasteiger partial charge in [0.05, 0.1) is 11.4 Å². The predicted octanol–water partition coefficient (Wildman–Crippen LogP) is 4.64. The van der Waals surface area contributed by atoms with Crippen LogP contribution in [0.3, 0.4) is 0 Å². The Kier molecular flexibility index (Phi) is 5.77. The largest absolute Gasteiger partial charge is 0.309 e. The van der Waals surface area contributed by atoms with Crippen LogP contribution >= 0.6 is 23.1 Å². The SMILES string of the molecule is Cc1ccc(-c2csc(NC(=O)CSc3nnc(C4CCCC4)n3C)n2)cc1. The van der Waals surface area contributed by atoms with E-state index in [0.717, 1.165) is 22.2 Å². The van der Waals surface area contributed by atoms with Crippen LogP contribution in [0.5, 0.6) is 0 Å². The molecule has 3 aromatic rings. The highest BCUT2D eigenvalue weighted by Crippen LogP contribution is 2.34. The summed E-state index contributed by atoms with van der Waals surface area (Å²) in [6, 6.07) is 8.21. The molecule has 4 rings (SSSR count). The average molecular weight is 414 g/mol. The second kappa shape index (κ2) is 8.45. The molecule has 0 unspecified atom stereocenters. The molecule has 1 amide bonds. The van der Waals surface area contributed by atoms with Gasteiger partial charge in [-0.3, -0.25) is 4.79 Å². The fourth-order valence-electron chi connectivity index (χ4n) is 3.46. The van der Waals surface area contributed by atoms with Crippen molar-refractivity contribution < 1.29 is 4.79 Å². The second-order valence-electron chi connectivity index (χ2n) is 7.12. The first kappa shape index (κ1) is 19.1. The van der Waals surface area contributed by atoms with Gasteiger partial charge in [-0.05, 0) is 19.8 Å². The van der Waals surface area contributed by atoms with Gasteiger partial charge in [-0.2, -0.15) is 0 Å². The number of rotatable bonds is 6. The molecule has 1 N–H and O–H groups in total. The summed E-state index contributed by atoms with van der Waals surface area (Å²) in [7, 11) is 1.99. The molecule has 1 saturated carbocycles. The number of aromatic nitrogens is 4. The second-order valence-corrected chi connectivity index (χ2v) is 8.92. The predicted molar refractivity (Wildman–Crippen MR) is 114 cm³/mol. The van der Waals surface area contributed by atoms with E-state index in [0.29, 0.717) is 11.0 Å². The number of hydrogen-bond acceptors (Lipinski definition) is 6. The van der Waals surface area contributed by atoms with Crippen LogP contribution in [0.15, 0.2) is 34.8 Å². The molecule has 6 nitrogen and oxygen atoms in total. The Labute approximate surface area is 172 Å². The first-order valence-electron chi connectivity index (χ1n) is 9.44. The minimum Gasteiger partial charge on any atom is -0.309 e. The van der Waals surface area contributed by atoms with E-state index in [1.54, 1.807) is 0 Å². The van der Waals surface area contributed by atoms with E-state index >= 15 is 0 Å².